The molecule has 1 fully saturated rings. The third-order valence-electron chi connectivity index (χ3n) is 11.3. The molecular formula is C51H57FO17. The number of benzene rings is 3. The third kappa shape index (κ3) is 15.3. The van der Waals surface area contributed by atoms with E-state index in [2.05, 4.69) is 34.3 Å². The first-order valence-electron chi connectivity index (χ1n) is 22.1. The standard InChI is InChI=1S/C51H57FO17/c1-9-10-11-12-32-13-15-33(16-14-32)35-19-22-37(40(52)23-35)39-25-41(68-43(53)30(2)3)38(24-42(39)69-44(54)31(4)5)34-17-20-36(21-18-34)64-26-51(27-65-48(58)45(55)61-6,28-66-49(59)46(56)62-7)29-67-50(60)47(57)63-8/h17-25,32-33H,2,4,9-16,26-29H2,1,3,5-8H3. The zero-order valence-electron chi connectivity index (χ0n) is 39.6. The van der Waals surface area contributed by atoms with E-state index < -0.39 is 85.4 Å². The largest absolute Gasteiger partial charge is 0.493 e. The zero-order valence-corrected chi connectivity index (χ0v) is 39.6. The fraction of sp³-hybridized carbons (Fsp3) is 0.412. The minimum Gasteiger partial charge on any atom is -0.493 e. The summed E-state index contributed by atoms with van der Waals surface area (Å²) in [6, 6.07) is 13.6. The molecule has 3 aromatic rings. The van der Waals surface area contributed by atoms with Gasteiger partial charge in [0.05, 0.1) is 21.3 Å². The Kier molecular flexibility index (Phi) is 20.2. The zero-order chi connectivity index (χ0) is 50.8. The number of unbranched alkanes of at least 4 members (excludes halogenated alkanes) is 2. The summed E-state index contributed by atoms with van der Waals surface area (Å²) in [5, 5.41) is 0. The average Bonchev–Trinajstić information content (AvgIpc) is 3.35. The minimum atomic E-state index is -1.92. The van der Waals surface area contributed by atoms with Gasteiger partial charge in [0.15, 0.2) is 0 Å². The van der Waals surface area contributed by atoms with Crippen molar-refractivity contribution in [2.45, 2.75) is 78.1 Å². The lowest BCUT2D eigenvalue weighted by atomic mass is 9.77. The van der Waals surface area contributed by atoms with Gasteiger partial charge in [0.25, 0.3) is 0 Å². The van der Waals surface area contributed by atoms with Gasteiger partial charge in [0.1, 0.15) is 54.9 Å². The van der Waals surface area contributed by atoms with Gasteiger partial charge in [0, 0.05) is 27.8 Å². The summed E-state index contributed by atoms with van der Waals surface area (Å²) >= 11 is 0. The highest BCUT2D eigenvalue weighted by Crippen LogP contribution is 2.44. The molecule has 1 saturated carbocycles. The molecule has 1 aliphatic rings. The molecule has 370 valence electrons. The van der Waals surface area contributed by atoms with Gasteiger partial charge in [-0.15, -0.1) is 0 Å². The van der Waals surface area contributed by atoms with Crippen LogP contribution in [0.3, 0.4) is 0 Å². The van der Waals surface area contributed by atoms with Crippen molar-refractivity contribution in [3.8, 4) is 39.5 Å². The monoisotopic (exact) mass is 960 g/mol. The number of carbonyl (C=O) groups is 8. The molecule has 4 rings (SSSR count). The number of rotatable bonds is 20. The first-order valence-corrected chi connectivity index (χ1v) is 22.1. The number of carbonyl (C=O) groups excluding carboxylic acids is 8. The van der Waals surface area contributed by atoms with Crippen molar-refractivity contribution in [1.29, 1.82) is 0 Å². The van der Waals surface area contributed by atoms with Crippen molar-refractivity contribution in [2.75, 3.05) is 47.8 Å². The van der Waals surface area contributed by atoms with Crippen molar-refractivity contribution >= 4 is 47.8 Å². The molecule has 0 atom stereocenters. The summed E-state index contributed by atoms with van der Waals surface area (Å²) in [6.45, 7) is 9.17. The van der Waals surface area contributed by atoms with E-state index in [9.17, 15) is 38.4 Å². The Bertz CT molecular complexity index is 2330. The topological polar surface area (TPSA) is 220 Å². The molecule has 18 heteroatoms. The summed E-state index contributed by atoms with van der Waals surface area (Å²) in [7, 11) is 2.74. The Morgan fingerprint density at radius 1 is 0.580 bits per heavy atom. The van der Waals surface area contributed by atoms with Crippen LogP contribution in [0.5, 0.6) is 17.2 Å². The Labute approximate surface area is 399 Å². The predicted octanol–water partition coefficient (Wildman–Crippen LogP) is 7.49. The van der Waals surface area contributed by atoms with Crippen LogP contribution in [-0.2, 0) is 66.8 Å². The number of hydrogen-bond donors (Lipinski definition) is 0. The number of esters is 8. The maximum atomic E-state index is 16.4. The van der Waals surface area contributed by atoms with Gasteiger partial charge >= 0.3 is 47.8 Å². The molecule has 0 N–H and O–H groups in total. The molecule has 3 aromatic carbocycles. The van der Waals surface area contributed by atoms with Crippen molar-refractivity contribution in [3.63, 3.8) is 0 Å². The lowest BCUT2D eigenvalue weighted by Crippen LogP contribution is -2.45. The van der Waals surface area contributed by atoms with Gasteiger partial charge in [-0.2, -0.15) is 0 Å². The van der Waals surface area contributed by atoms with Crippen LogP contribution >= 0.6 is 0 Å². The van der Waals surface area contributed by atoms with Crippen molar-refractivity contribution in [2.24, 2.45) is 11.3 Å². The average molecular weight is 961 g/mol. The molecule has 0 aromatic heterocycles. The van der Waals surface area contributed by atoms with Crippen molar-refractivity contribution in [1.82, 2.24) is 0 Å². The van der Waals surface area contributed by atoms with Crippen LogP contribution in [0.2, 0.25) is 0 Å². The summed E-state index contributed by atoms with van der Waals surface area (Å²) < 4.78 is 62.3. The second-order valence-corrected chi connectivity index (χ2v) is 16.7. The van der Waals surface area contributed by atoms with Gasteiger partial charge in [-0.1, -0.05) is 70.0 Å². The molecule has 0 unspecified atom stereocenters. The second kappa shape index (κ2) is 25.7. The lowest BCUT2D eigenvalue weighted by molar-refractivity contribution is -0.180. The van der Waals surface area contributed by atoms with Gasteiger partial charge in [-0.05, 0) is 92.8 Å². The van der Waals surface area contributed by atoms with E-state index in [1.807, 2.05) is 6.07 Å². The Hall–Kier alpha value is -7.37. The maximum Gasteiger partial charge on any atom is 0.417 e. The van der Waals surface area contributed by atoms with E-state index in [4.69, 9.17) is 28.4 Å². The Morgan fingerprint density at radius 2 is 1.06 bits per heavy atom. The van der Waals surface area contributed by atoms with E-state index in [1.165, 1.54) is 82.0 Å². The second-order valence-electron chi connectivity index (χ2n) is 16.7. The molecule has 0 spiro atoms. The van der Waals surface area contributed by atoms with Crippen LogP contribution in [0.4, 0.5) is 4.39 Å². The van der Waals surface area contributed by atoms with E-state index in [1.54, 1.807) is 6.07 Å². The number of halogens is 1. The molecule has 69 heavy (non-hydrogen) atoms. The fourth-order valence-electron chi connectivity index (χ4n) is 7.31. The highest BCUT2D eigenvalue weighted by Gasteiger charge is 2.40. The Morgan fingerprint density at radius 3 is 1.51 bits per heavy atom. The Balaban J connectivity index is 1.74. The van der Waals surface area contributed by atoms with E-state index in [0.29, 0.717) is 11.5 Å². The number of ether oxygens (including phenoxy) is 9. The maximum absolute atomic E-state index is 16.4. The molecule has 1 aliphatic carbocycles. The van der Waals surface area contributed by atoms with E-state index in [-0.39, 0.29) is 51.0 Å². The first-order chi connectivity index (χ1) is 32.8. The fourth-order valence-corrected chi connectivity index (χ4v) is 7.31. The van der Waals surface area contributed by atoms with Crippen LogP contribution < -0.4 is 14.2 Å². The third-order valence-corrected chi connectivity index (χ3v) is 11.3. The van der Waals surface area contributed by atoms with Crippen LogP contribution in [0.15, 0.2) is 78.9 Å². The van der Waals surface area contributed by atoms with Crippen LogP contribution in [0.1, 0.15) is 83.6 Å². The first kappa shape index (κ1) is 54.2. The molecule has 0 heterocycles. The highest BCUT2D eigenvalue weighted by atomic mass is 19.1. The van der Waals surface area contributed by atoms with Gasteiger partial charge in [-0.25, -0.2) is 42.7 Å². The number of hydrogen-bond acceptors (Lipinski definition) is 17. The molecule has 0 bridgehead atoms. The van der Waals surface area contributed by atoms with Crippen LogP contribution in [0.25, 0.3) is 22.3 Å². The van der Waals surface area contributed by atoms with E-state index in [0.717, 1.165) is 52.6 Å². The summed E-state index contributed by atoms with van der Waals surface area (Å²) in [5.41, 5.74) is -0.218. The quantitative estimate of drug-likeness (QED) is 0.0267. The van der Waals surface area contributed by atoms with Crippen molar-refractivity contribution < 1.29 is 85.4 Å². The SMILES string of the molecule is C=C(C)C(=O)Oc1cc(-c2ccc(C3CCC(CCCCC)CC3)cc2F)c(OC(=O)C(=C)C)cc1-c1ccc(OCC(COC(=O)C(=O)OC)(COC(=O)C(=O)OC)COC(=O)C(=O)OC)cc1. The molecular weight excluding hydrogens is 904 g/mol. The summed E-state index contributed by atoms with van der Waals surface area (Å²) in [6.07, 6.45) is 8.85. The lowest BCUT2D eigenvalue weighted by Gasteiger charge is -2.31. The molecule has 0 aliphatic heterocycles. The van der Waals surface area contributed by atoms with Crippen molar-refractivity contribution in [3.05, 3.63) is 90.3 Å². The molecule has 0 amide bonds. The normalized spacial score (nSPS) is 14.2. The predicted molar refractivity (Wildman–Crippen MR) is 244 cm³/mol. The van der Waals surface area contributed by atoms with Gasteiger partial charge in [-0.3, -0.25) is 0 Å². The minimum absolute atomic E-state index is 0.0509. The van der Waals surface area contributed by atoms with E-state index >= 15 is 4.39 Å². The highest BCUT2D eigenvalue weighted by molar-refractivity contribution is 6.30. The summed E-state index contributed by atoms with van der Waals surface area (Å²) in [4.78, 5) is 98.8. The molecule has 0 radical (unpaired) electrons. The van der Waals surface area contributed by atoms with Gasteiger partial charge < -0.3 is 42.6 Å². The summed E-state index contributed by atoms with van der Waals surface area (Å²) in [5.74, 6) is -10.2. The van der Waals surface area contributed by atoms with Crippen LogP contribution in [-0.4, -0.2) is 95.5 Å². The molecule has 17 nitrogen and oxygen atoms in total. The van der Waals surface area contributed by atoms with Crippen LogP contribution in [0, 0.1) is 17.2 Å². The molecule has 0 saturated heterocycles. The smallest absolute Gasteiger partial charge is 0.417 e. The number of methoxy groups -OCH3 is 3. The van der Waals surface area contributed by atoms with Gasteiger partial charge in [0.2, 0.25) is 0 Å².